The Kier molecular flexibility index (Phi) is 3.49. The van der Waals surface area contributed by atoms with Crippen LogP contribution in [0.5, 0.6) is 0 Å². The van der Waals surface area contributed by atoms with Gasteiger partial charge in [0, 0.05) is 20.1 Å². The Bertz CT molecular complexity index is 506. The standard InChI is InChI=1S/C12H18N4S/c1-15(2)7-8-16(3)12-14-11-9(13)5-4-6-10(11)17-12/h4-6H,7-8,13H2,1-3H3. The highest BCUT2D eigenvalue weighted by molar-refractivity contribution is 7.22. The number of aromatic nitrogens is 1. The van der Waals surface area contributed by atoms with Crippen molar-refractivity contribution in [3.63, 3.8) is 0 Å². The van der Waals surface area contributed by atoms with Crippen molar-refractivity contribution in [1.82, 2.24) is 9.88 Å². The molecule has 0 aliphatic carbocycles. The van der Waals surface area contributed by atoms with E-state index in [1.165, 1.54) is 0 Å². The first-order valence-corrected chi connectivity index (χ1v) is 6.40. The van der Waals surface area contributed by atoms with E-state index in [4.69, 9.17) is 5.73 Å². The minimum absolute atomic E-state index is 0.756. The predicted octanol–water partition coefficient (Wildman–Crippen LogP) is 1.88. The second-order valence-corrected chi connectivity index (χ2v) is 5.42. The lowest BCUT2D eigenvalue weighted by Gasteiger charge is -2.18. The van der Waals surface area contributed by atoms with E-state index in [1.54, 1.807) is 11.3 Å². The van der Waals surface area contributed by atoms with Crippen LogP contribution in [0, 0.1) is 0 Å². The average molecular weight is 250 g/mol. The molecular formula is C12H18N4S. The van der Waals surface area contributed by atoms with Crippen molar-refractivity contribution in [3.8, 4) is 0 Å². The molecule has 1 heterocycles. The molecule has 0 bridgehead atoms. The van der Waals surface area contributed by atoms with E-state index in [1.807, 2.05) is 12.1 Å². The smallest absolute Gasteiger partial charge is 0.186 e. The molecule has 0 unspecified atom stereocenters. The van der Waals surface area contributed by atoms with E-state index in [2.05, 4.69) is 42.0 Å². The minimum atomic E-state index is 0.756. The zero-order chi connectivity index (χ0) is 12.4. The Labute approximate surface area is 106 Å². The van der Waals surface area contributed by atoms with Gasteiger partial charge in [0.15, 0.2) is 5.13 Å². The number of nitrogen functional groups attached to an aromatic ring is 1. The first-order chi connectivity index (χ1) is 8.08. The van der Waals surface area contributed by atoms with Gasteiger partial charge < -0.3 is 15.5 Å². The van der Waals surface area contributed by atoms with Gasteiger partial charge in [0.25, 0.3) is 0 Å². The molecule has 0 aliphatic heterocycles. The molecule has 1 aromatic heterocycles. The number of thiazole rings is 1. The quantitative estimate of drug-likeness (QED) is 0.842. The monoisotopic (exact) mass is 250 g/mol. The summed E-state index contributed by atoms with van der Waals surface area (Å²) in [5, 5.41) is 1.03. The molecule has 0 atom stereocenters. The highest BCUT2D eigenvalue weighted by Crippen LogP contribution is 2.30. The van der Waals surface area contributed by atoms with Crippen LogP contribution < -0.4 is 10.6 Å². The van der Waals surface area contributed by atoms with Crippen LogP contribution in [0.15, 0.2) is 18.2 Å². The number of likely N-dealkylation sites (N-methyl/N-ethyl adjacent to an activating group) is 2. The zero-order valence-corrected chi connectivity index (χ0v) is 11.3. The second-order valence-electron chi connectivity index (χ2n) is 4.42. The number of hydrogen-bond acceptors (Lipinski definition) is 5. The van der Waals surface area contributed by atoms with E-state index in [0.717, 1.165) is 34.1 Å². The molecule has 0 aliphatic rings. The van der Waals surface area contributed by atoms with Gasteiger partial charge in [-0.2, -0.15) is 0 Å². The van der Waals surface area contributed by atoms with Crippen LogP contribution in [0.25, 0.3) is 10.2 Å². The lowest BCUT2D eigenvalue weighted by molar-refractivity contribution is 0.416. The summed E-state index contributed by atoms with van der Waals surface area (Å²) >= 11 is 1.69. The molecule has 5 heteroatoms. The number of rotatable bonds is 4. The van der Waals surface area contributed by atoms with Crippen LogP contribution in [0.2, 0.25) is 0 Å². The van der Waals surface area contributed by atoms with Gasteiger partial charge in [0.1, 0.15) is 5.52 Å². The van der Waals surface area contributed by atoms with Gasteiger partial charge >= 0.3 is 0 Å². The Morgan fingerprint density at radius 2 is 2.00 bits per heavy atom. The summed E-state index contributed by atoms with van der Waals surface area (Å²) in [7, 11) is 6.21. The molecule has 0 amide bonds. The third kappa shape index (κ3) is 2.68. The Hall–Kier alpha value is -1.33. The van der Waals surface area contributed by atoms with Crippen molar-refractivity contribution in [3.05, 3.63) is 18.2 Å². The van der Waals surface area contributed by atoms with Crippen molar-refractivity contribution in [2.24, 2.45) is 0 Å². The van der Waals surface area contributed by atoms with E-state index in [9.17, 15) is 0 Å². The van der Waals surface area contributed by atoms with Crippen LogP contribution in [0.3, 0.4) is 0 Å². The van der Waals surface area contributed by atoms with Gasteiger partial charge in [-0.3, -0.25) is 0 Å². The Morgan fingerprint density at radius 1 is 1.24 bits per heavy atom. The molecule has 0 radical (unpaired) electrons. The number of nitrogens with two attached hydrogens (primary N) is 1. The molecule has 0 fully saturated rings. The number of hydrogen-bond donors (Lipinski definition) is 1. The molecule has 2 rings (SSSR count). The third-order valence-electron chi connectivity index (χ3n) is 2.65. The second kappa shape index (κ2) is 4.89. The summed E-state index contributed by atoms with van der Waals surface area (Å²) in [6, 6.07) is 5.93. The Morgan fingerprint density at radius 3 is 2.65 bits per heavy atom. The molecular weight excluding hydrogens is 232 g/mol. The fraction of sp³-hybridized carbons (Fsp3) is 0.417. The fourth-order valence-corrected chi connectivity index (χ4v) is 2.55. The zero-order valence-electron chi connectivity index (χ0n) is 10.5. The van der Waals surface area contributed by atoms with Crippen LogP contribution in [0.1, 0.15) is 0 Å². The molecule has 1 aromatic carbocycles. The molecule has 0 saturated carbocycles. The molecule has 92 valence electrons. The van der Waals surface area contributed by atoms with E-state index in [-0.39, 0.29) is 0 Å². The average Bonchev–Trinajstić information content (AvgIpc) is 2.71. The summed E-state index contributed by atoms with van der Waals surface area (Å²) in [6.45, 7) is 1.98. The van der Waals surface area contributed by atoms with Crippen molar-refractivity contribution in [1.29, 1.82) is 0 Å². The van der Waals surface area contributed by atoms with Gasteiger partial charge in [-0.15, -0.1) is 0 Å². The van der Waals surface area contributed by atoms with E-state index < -0.39 is 0 Å². The van der Waals surface area contributed by atoms with Crippen molar-refractivity contribution < 1.29 is 0 Å². The maximum absolute atomic E-state index is 5.91. The number of nitrogens with zero attached hydrogens (tertiary/aromatic N) is 3. The fourth-order valence-electron chi connectivity index (χ4n) is 1.57. The normalized spacial score (nSPS) is 11.3. The topological polar surface area (TPSA) is 45.4 Å². The Balaban J connectivity index is 2.21. The number of fused-ring (bicyclic) bond motifs is 1. The van der Waals surface area contributed by atoms with Crippen molar-refractivity contribution in [2.45, 2.75) is 0 Å². The first kappa shape index (κ1) is 12.1. The first-order valence-electron chi connectivity index (χ1n) is 5.59. The summed E-state index contributed by atoms with van der Waals surface area (Å²) in [6.07, 6.45) is 0. The third-order valence-corrected chi connectivity index (χ3v) is 3.78. The number of anilines is 2. The van der Waals surface area contributed by atoms with E-state index >= 15 is 0 Å². The highest BCUT2D eigenvalue weighted by Gasteiger charge is 2.09. The summed E-state index contributed by atoms with van der Waals surface area (Å²) < 4.78 is 1.15. The summed E-state index contributed by atoms with van der Waals surface area (Å²) in [5.74, 6) is 0. The molecule has 2 aromatic rings. The lowest BCUT2D eigenvalue weighted by Crippen LogP contribution is -2.28. The maximum atomic E-state index is 5.91. The maximum Gasteiger partial charge on any atom is 0.186 e. The van der Waals surface area contributed by atoms with Crippen LogP contribution in [-0.4, -0.2) is 44.1 Å². The van der Waals surface area contributed by atoms with Crippen molar-refractivity contribution in [2.75, 3.05) is 44.9 Å². The van der Waals surface area contributed by atoms with Crippen LogP contribution in [-0.2, 0) is 0 Å². The van der Waals surface area contributed by atoms with Gasteiger partial charge in [0.2, 0.25) is 0 Å². The summed E-state index contributed by atoms with van der Waals surface area (Å²) in [5.41, 5.74) is 7.59. The predicted molar refractivity (Wildman–Crippen MR) is 75.9 cm³/mol. The highest BCUT2D eigenvalue weighted by atomic mass is 32.1. The lowest BCUT2D eigenvalue weighted by atomic mass is 10.3. The van der Waals surface area contributed by atoms with Crippen molar-refractivity contribution >= 4 is 32.4 Å². The summed E-state index contributed by atoms with van der Waals surface area (Å²) in [4.78, 5) is 8.93. The van der Waals surface area contributed by atoms with Gasteiger partial charge in [-0.05, 0) is 26.2 Å². The SMILES string of the molecule is CN(C)CCN(C)c1nc2c(N)cccc2s1. The van der Waals surface area contributed by atoms with Gasteiger partial charge in [-0.25, -0.2) is 4.98 Å². The molecule has 0 saturated heterocycles. The van der Waals surface area contributed by atoms with Crippen LogP contribution >= 0.6 is 11.3 Å². The largest absolute Gasteiger partial charge is 0.397 e. The number of benzene rings is 1. The molecule has 2 N–H and O–H groups in total. The van der Waals surface area contributed by atoms with Crippen LogP contribution in [0.4, 0.5) is 10.8 Å². The van der Waals surface area contributed by atoms with Gasteiger partial charge in [-0.1, -0.05) is 17.4 Å². The minimum Gasteiger partial charge on any atom is -0.397 e. The van der Waals surface area contributed by atoms with E-state index in [0.29, 0.717) is 0 Å². The van der Waals surface area contributed by atoms with Gasteiger partial charge in [0.05, 0.1) is 10.4 Å². The number of para-hydroxylation sites is 1. The molecule has 4 nitrogen and oxygen atoms in total. The molecule has 0 spiro atoms. The molecule has 17 heavy (non-hydrogen) atoms.